The maximum atomic E-state index is 12.8. The number of aromatic nitrogens is 3. The Morgan fingerprint density at radius 1 is 1.36 bits per heavy atom. The third-order valence-corrected chi connectivity index (χ3v) is 2.96. The largest absolute Gasteiger partial charge is 0.502 e. The van der Waals surface area contributed by atoms with Crippen LogP contribution in [0.5, 0.6) is 17.2 Å². The van der Waals surface area contributed by atoms with E-state index >= 15 is 0 Å². The third-order valence-electron chi connectivity index (χ3n) is 2.70. The Morgan fingerprint density at radius 2 is 1.95 bits per heavy atom. The average molecular weight is 330 g/mol. The summed E-state index contributed by atoms with van der Waals surface area (Å²) >= 11 is 4.83. The maximum Gasteiger partial charge on any atom is 0.299 e. The van der Waals surface area contributed by atoms with E-state index < -0.39 is 12.2 Å². The summed E-state index contributed by atoms with van der Waals surface area (Å²) in [5.74, 6) is -0.453. The first-order valence-corrected chi connectivity index (χ1v) is 6.33. The Hall–Kier alpha value is -2.49. The maximum absolute atomic E-state index is 12.8. The van der Waals surface area contributed by atoms with Gasteiger partial charge in [0.1, 0.15) is 0 Å². The van der Waals surface area contributed by atoms with Gasteiger partial charge in [-0.25, -0.2) is 13.9 Å². The summed E-state index contributed by atoms with van der Waals surface area (Å²) in [6, 6.07) is 2.93. The molecule has 0 aliphatic heterocycles. The van der Waals surface area contributed by atoms with E-state index in [9.17, 15) is 13.9 Å². The van der Waals surface area contributed by atoms with Crippen molar-refractivity contribution in [2.75, 3.05) is 14.2 Å². The topological polar surface area (TPSA) is 84.7 Å². The number of benzene rings is 1. The lowest BCUT2D eigenvalue weighted by Crippen LogP contribution is -2.00. The molecule has 0 unspecified atom stereocenters. The molecule has 0 radical (unpaired) electrons. The first kappa shape index (κ1) is 15.9. The molecule has 0 amide bonds. The number of aromatic amines is 1. The molecule has 2 aromatic rings. The van der Waals surface area contributed by atoms with Gasteiger partial charge >= 0.3 is 0 Å². The van der Waals surface area contributed by atoms with Crippen molar-refractivity contribution in [1.29, 1.82) is 0 Å². The summed E-state index contributed by atoms with van der Waals surface area (Å²) in [5.41, 5.74) is 0.454. The van der Waals surface area contributed by atoms with Crippen molar-refractivity contribution in [2.45, 2.75) is 6.43 Å². The molecule has 1 heterocycles. The van der Waals surface area contributed by atoms with Crippen LogP contribution in [0.2, 0.25) is 0 Å². The Labute approximate surface area is 128 Å². The van der Waals surface area contributed by atoms with Gasteiger partial charge in [0.2, 0.25) is 16.3 Å². The van der Waals surface area contributed by atoms with Gasteiger partial charge in [-0.2, -0.15) is 14.9 Å². The van der Waals surface area contributed by atoms with Crippen LogP contribution >= 0.6 is 12.2 Å². The third kappa shape index (κ3) is 3.06. The molecule has 1 aromatic heterocycles. The highest BCUT2D eigenvalue weighted by atomic mass is 32.1. The Bertz CT molecular complexity index is 732. The first-order valence-electron chi connectivity index (χ1n) is 5.92. The molecule has 0 aliphatic rings. The van der Waals surface area contributed by atoms with Crippen LogP contribution in [-0.2, 0) is 0 Å². The van der Waals surface area contributed by atoms with E-state index in [4.69, 9.17) is 21.7 Å². The number of phenolic OH excluding ortho intramolecular Hbond substituents is 1. The van der Waals surface area contributed by atoms with Crippen molar-refractivity contribution >= 4 is 18.4 Å². The van der Waals surface area contributed by atoms with Crippen LogP contribution in [-0.4, -0.2) is 40.4 Å². The Kier molecular flexibility index (Phi) is 4.71. The van der Waals surface area contributed by atoms with Crippen molar-refractivity contribution in [3.63, 3.8) is 0 Å². The predicted molar refractivity (Wildman–Crippen MR) is 76.6 cm³/mol. The van der Waals surface area contributed by atoms with Crippen LogP contribution < -0.4 is 9.47 Å². The molecule has 0 spiro atoms. The molecule has 118 valence electrons. The number of alkyl halides is 2. The van der Waals surface area contributed by atoms with Crippen molar-refractivity contribution in [3.8, 4) is 17.2 Å². The number of ether oxygens (including phenoxy) is 2. The molecule has 0 bridgehead atoms. The normalized spacial score (nSPS) is 11.3. The van der Waals surface area contributed by atoms with Crippen molar-refractivity contribution < 1.29 is 23.4 Å². The van der Waals surface area contributed by atoms with E-state index in [0.29, 0.717) is 5.56 Å². The standard InChI is InChI=1S/C12H12F2N4O3S/c1-20-7-3-6(4-8(21-2)9(7)19)5-15-18-11(10(13)14)16-17-12(18)22/h3-5,10,19H,1-2H3,(H,17,22)/b15-5+. The molecule has 0 saturated carbocycles. The van der Waals surface area contributed by atoms with Crippen molar-refractivity contribution in [1.82, 2.24) is 14.9 Å². The molecular formula is C12H12F2N4O3S. The van der Waals surface area contributed by atoms with Gasteiger partial charge in [0.05, 0.1) is 20.4 Å². The van der Waals surface area contributed by atoms with E-state index in [2.05, 4.69) is 15.3 Å². The number of hydrogen-bond acceptors (Lipinski definition) is 6. The number of aromatic hydroxyl groups is 1. The zero-order chi connectivity index (χ0) is 16.3. The summed E-state index contributed by atoms with van der Waals surface area (Å²) < 4.78 is 36.3. The second kappa shape index (κ2) is 6.52. The van der Waals surface area contributed by atoms with E-state index in [1.54, 1.807) is 0 Å². The number of hydrogen-bond donors (Lipinski definition) is 2. The molecule has 2 rings (SSSR count). The number of nitrogens with one attached hydrogen (secondary N) is 1. The molecule has 0 aliphatic carbocycles. The number of H-pyrrole nitrogens is 1. The molecule has 7 nitrogen and oxygen atoms in total. The zero-order valence-electron chi connectivity index (χ0n) is 11.6. The minimum Gasteiger partial charge on any atom is -0.502 e. The lowest BCUT2D eigenvalue weighted by atomic mass is 10.2. The second-order valence-corrected chi connectivity index (χ2v) is 4.40. The van der Waals surface area contributed by atoms with Gasteiger partial charge < -0.3 is 14.6 Å². The molecule has 22 heavy (non-hydrogen) atoms. The summed E-state index contributed by atoms with van der Waals surface area (Å²) in [5, 5.41) is 19.3. The molecule has 0 saturated heterocycles. The molecule has 0 atom stereocenters. The van der Waals surface area contributed by atoms with Crippen molar-refractivity contribution in [3.05, 3.63) is 28.3 Å². The molecule has 1 aromatic carbocycles. The summed E-state index contributed by atoms with van der Waals surface area (Å²) in [4.78, 5) is 0. The van der Waals surface area contributed by atoms with Gasteiger partial charge in [-0.15, -0.1) is 0 Å². The van der Waals surface area contributed by atoms with Crippen LogP contribution in [0, 0.1) is 4.77 Å². The monoisotopic (exact) mass is 330 g/mol. The smallest absolute Gasteiger partial charge is 0.299 e. The van der Waals surface area contributed by atoms with Gasteiger partial charge in [-0.05, 0) is 24.4 Å². The second-order valence-electron chi connectivity index (χ2n) is 4.02. The summed E-state index contributed by atoms with van der Waals surface area (Å²) in [6.07, 6.45) is -1.56. The van der Waals surface area contributed by atoms with Gasteiger partial charge in [0.15, 0.2) is 11.5 Å². The van der Waals surface area contributed by atoms with Crippen molar-refractivity contribution in [2.24, 2.45) is 5.10 Å². The van der Waals surface area contributed by atoms with Gasteiger partial charge in [0.25, 0.3) is 6.43 Å². The fraction of sp³-hybridized carbons (Fsp3) is 0.250. The molecular weight excluding hydrogens is 318 g/mol. The fourth-order valence-electron chi connectivity index (χ4n) is 1.67. The highest BCUT2D eigenvalue weighted by Gasteiger charge is 2.16. The highest BCUT2D eigenvalue weighted by molar-refractivity contribution is 7.71. The molecule has 10 heteroatoms. The number of halogens is 2. The average Bonchev–Trinajstić information content (AvgIpc) is 2.87. The summed E-state index contributed by atoms with van der Waals surface area (Å²) in [7, 11) is 2.74. The molecule has 0 fully saturated rings. The van der Waals surface area contributed by atoms with Crippen LogP contribution in [0.25, 0.3) is 0 Å². The quantitative estimate of drug-likeness (QED) is 0.650. The van der Waals surface area contributed by atoms with Crippen LogP contribution in [0.4, 0.5) is 8.78 Å². The lowest BCUT2D eigenvalue weighted by Gasteiger charge is -2.09. The highest BCUT2D eigenvalue weighted by Crippen LogP contribution is 2.36. The fourth-order valence-corrected chi connectivity index (χ4v) is 1.86. The number of nitrogens with zero attached hydrogens (tertiary/aromatic N) is 3. The SMILES string of the molecule is COc1cc(/C=N/n2c(C(F)F)n[nH]c2=S)cc(OC)c1O. The number of methoxy groups -OCH3 is 2. The van der Waals surface area contributed by atoms with Gasteiger partial charge in [-0.1, -0.05) is 0 Å². The minimum absolute atomic E-state index is 0.0655. The number of phenols is 1. The van der Waals surface area contributed by atoms with E-state index in [0.717, 1.165) is 4.68 Å². The van der Waals surface area contributed by atoms with Crippen LogP contribution in [0.15, 0.2) is 17.2 Å². The van der Waals surface area contributed by atoms with E-state index in [1.165, 1.54) is 32.6 Å². The predicted octanol–water partition coefficient (Wildman–Crippen LogP) is 2.48. The van der Waals surface area contributed by atoms with E-state index in [1.807, 2.05) is 0 Å². The van der Waals surface area contributed by atoms with Gasteiger partial charge in [0, 0.05) is 5.56 Å². The first-order chi connectivity index (χ1) is 10.5. The van der Waals surface area contributed by atoms with E-state index in [-0.39, 0.29) is 22.0 Å². The van der Waals surface area contributed by atoms with Gasteiger partial charge in [-0.3, -0.25) is 0 Å². The minimum atomic E-state index is -2.83. The Morgan fingerprint density at radius 3 is 2.45 bits per heavy atom. The number of rotatable bonds is 5. The van der Waals surface area contributed by atoms with Crippen LogP contribution in [0.3, 0.4) is 0 Å². The molecule has 2 N–H and O–H groups in total. The van der Waals surface area contributed by atoms with Crippen LogP contribution in [0.1, 0.15) is 17.8 Å². The zero-order valence-corrected chi connectivity index (χ0v) is 12.4. The lowest BCUT2D eigenvalue weighted by molar-refractivity contribution is 0.136. The Balaban J connectivity index is 2.43. The summed E-state index contributed by atoms with van der Waals surface area (Å²) in [6.45, 7) is 0.